The van der Waals surface area contributed by atoms with Crippen LogP contribution in [-0.2, 0) is 0 Å². The van der Waals surface area contributed by atoms with Crippen LogP contribution in [0.2, 0.25) is 0 Å². The molecule has 0 saturated heterocycles. The molecule has 0 spiro atoms. The molecule has 2 aromatic carbocycles. The van der Waals surface area contributed by atoms with Gasteiger partial charge in [0.25, 0.3) is 0 Å². The largest absolute Gasteiger partial charge is 0.493 e. The first-order chi connectivity index (χ1) is 12.3. The molecule has 0 amide bonds. The molecule has 5 aromatic rings. The number of para-hydroxylation sites is 1. The van der Waals surface area contributed by atoms with Gasteiger partial charge in [-0.1, -0.05) is 18.2 Å². The number of azo groups is 1. The molecule has 120 valence electrons. The predicted molar refractivity (Wildman–Crippen MR) is 95.7 cm³/mol. The van der Waals surface area contributed by atoms with E-state index in [9.17, 15) is 5.11 Å². The van der Waals surface area contributed by atoms with Crippen LogP contribution in [0.15, 0.2) is 75.6 Å². The first-order valence-corrected chi connectivity index (χ1v) is 7.78. The van der Waals surface area contributed by atoms with Gasteiger partial charge in [-0.25, -0.2) is 0 Å². The molecule has 0 bridgehead atoms. The lowest BCUT2D eigenvalue weighted by molar-refractivity contribution is 0.459. The summed E-state index contributed by atoms with van der Waals surface area (Å²) >= 11 is 0. The number of furan rings is 1. The van der Waals surface area contributed by atoms with Gasteiger partial charge in [0.2, 0.25) is 5.88 Å². The van der Waals surface area contributed by atoms with Crippen molar-refractivity contribution in [3.63, 3.8) is 0 Å². The van der Waals surface area contributed by atoms with Crippen molar-refractivity contribution in [1.29, 1.82) is 0 Å². The number of aromatic nitrogens is 2. The van der Waals surface area contributed by atoms with E-state index in [4.69, 9.17) is 4.42 Å². The van der Waals surface area contributed by atoms with Gasteiger partial charge in [0.15, 0.2) is 5.69 Å². The van der Waals surface area contributed by atoms with Gasteiger partial charge in [-0.3, -0.25) is 4.98 Å². The molecule has 3 heterocycles. The molecular weight excluding hydrogens is 316 g/mol. The molecule has 6 heteroatoms. The number of hydrogen-bond acceptors (Lipinski definition) is 5. The molecule has 5 rings (SSSR count). The molecule has 2 N–H and O–H groups in total. The minimum absolute atomic E-state index is 0.0410. The summed E-state index contributed by atoms with van der Waals surface area (Å²) in [6, 6.07) is 15.2. The summed E-state index contributed by atoms with van der Waals surface area (Å²) < 4.78 is 6.03. The number of aromatic hydroxyl groups is 1. The summed E-state index contributed by atoms with van der Waals surface area (Å²) in [5, 5.41) is 21.4. The number of H-pyrrole nitrogens is 1. The van der Waals surface area contributed by atoms with Gasteiger partial charge in [0, 0.05) is 23.2 Å². The molecule has 3 aromatic heterocycles. The third-order valence-corrected chi connectivity index (χ3v) is 4.19. The van der Waals surface area contributed by atoms with Crippen LogP contribution in [0, 0.1) is 0 Å². The predicted octanol–water partition coefficient (Wildman–Crippen LogP) is 5.58. The van der Waals surface area contributed by atoms with Gasteiger partial charge < -0.3 is 14.5 Å². The second-order valence-corrected chi connectivity index (χ2v) is 5.69. The van der Waals surface area contributed by atoms with Gasteiger partial charge in [-0.05, 0) is 30.3 Å². The normalized spacial score (nSPS) is 12.0. The number of nitrogens with one attached hydrogen (secondary N) is 1. The maximum atomic E-state index is 10.3. The lowest BCUT2D eigenvalue weighted by Gasteiger charge is -1.94. The zero-order valence-corrected chi connectivity index (χ0v) is 13.0. The van der Waals surface area contributed by atoms with E-state index >= 15 is 0 Å². The summed E-state index contributed by atoms with van der Waals surface area (Å²) in [4.78, 5) is 6.88. The van der Waals surface area contributed by atoms with E-state index in [1.54, 1.807) is 24.5 Å². The Balaban J connectivity index is 1.80. The highest BCUT2D eigenvalue weighted by molar-refractivity contribution is 6.18. The molecule has 0 aliphatic rings. The number of benzene rings is 2. The second-order valence-electron chi connectivity index (χ2n) is 5.69. The fourth-order valence-corrected chi connectivity index (χ4v) is 3.05. The summed E-state index contributed by atoms with van der Waals surface area (Å²) in [7, 11) is 0. The highest BCUT2D eigenvalue weighted by Gasteiger charge is 2.18. The van der Waals surface area contributed by atoms with Crippen LogP contribution in [0.5, 0.6) is 5.88 Å². The van der Waals surface area contributed by atoms with Crippen LogP contribution in [0.1, 0.15) is 0 Å². The molecule has 0 aliphatic heterocycles. The Morgan fingerprint density at radius 3 is 2.64 bits per heavy atom. The Morgan fingerprint density at radius 1 is 0.920 bits per heavy atom. The van der Waals surface area contributed by atoms with E-state index in [1.807, 2.05) is 36.4 Å². The average Bonchev–Trinajstić information content (AvgIpc) is 3.17. The van der Waals surface area contributed by atoms with Gasteiger partial charge in [-0.15, -0.1) is 5.11 Å². The highest BCUT2D eigenvalue weighted by atomic mass is 16.3. The maximum absolute atomic E-state index is 10.3. The zero-order valence-electron chi connectivity index (χ0n) is 13.0. The fraction of sp³-hybridized carbons (Fsp3) is 0. The van der Waals surface area contributed by atoms with Gasteiger partial charge in [-0.2, -0.15) is 5.11 Å². The molecule has 25 heavy (non-hydrogen) atoms. The summed E-state index contributed by atoms with van der Waals surface area (Å²) in [6.07, 6.45) is 3.28. The number of nitrogens with zero attached hydrogens (tertiary/aromatic N) is 3. The van der Waals surface area contributed by atoms with Gasteiger partial charge in [0.05, 0.1) is 16.6 Å². The number of pyridine rings is 1. The zero-order chi connectivity index (χ0) is 16.8. The van der Waals surface area contributed by atoms with Crippen LogP contribution in [0.3, 0.4) is 0 Å². The van der Waals surface area contributed by atoms with E-state index in [-0.39, 0.29) is 5.88 Å². The molecule has 0 saturated carbocycles. The minimum Gasteiger partial charge on any atom is -0.493 e. The van der Waals surface area contributed by atoms with Crippen molar-refractivity contribution in [2.45, 2.75) is 0 Å². The van der Waals surface area contributed by atoms with E-state index in [0.29, 0.717) is 22.3 Å². The topological polar surface area (TPSA) is 86.8 Å². The molecule has 0 atom stereocenters. The molecular formula is C19H12N4O2. The lowest BCUT2D eigenvalue weighted by Crippen LogP contribution is -1.70. The first-order valence-electron chi connectivity index (χ1n) is 7.78. The third kappa shape index (κ3) is 2.08. The standard InChI is InChI=1S/C19H12N4O2/c24-19-17(23-22-11-7-9-20-10-8-11)16-14(21-19)6-5-13-12-3-1-2-4-15(12)25-18(13)16/h1-10,21,24H. The quantitative estimate of drug-likeness (QED) is 0.414. The third-order valence-electron chi connectivity index (χ3n) is 4.19. The SMILES string of the molecule is Oc1[nH]c2ccc3c4ccccc4oc3c2c1N=Nc1ccncc1. The number of aromatic amines is 1. The number of hydrogen-bond donors (Lipinski definition) is 2. The van der Waals surface area contributed by atoms with E-state index in [0.717, 1.165) is 21.9 Å². The Morgan fingerprint density at radius 2 is 1.76 bits per heavy atom. The number of fused-ring (bicyclic) bond motifs is 5. The Labute approximate surface area is 141 Å². The van der Waals surface area contributed by atoms with Gasteiger partial charge in [0.1, 0.15) is 11.2 Å². The van der Waals surface area contributed by atoms with Crippen LogP contribution < -0.4 is 0 Å². The fourth-order valence-electron chi connectivity index (χ4n) is 3.05. The minimum atomic E-state index is -0.0410. The molecule has 6 nitrogen and oxygen atoms in total. The smallest absolute Gasteiger partial charge is 0.218 e. The van der Waals surface area contributed by atoms with Crippen LogP contribution in [0.4, 0.5) is 11.4 Å². The first kappa shape index (κ1) is 13.7. The average molecular weight is 328 g/mol. The molecule has 0 radical (unpaired) electrons. The van der Waals surface area contributed by atoms with Crippen LogP contribution >= 0.6 is 0 Å². The highest BCUT2D eigenvalue weighted by Crippen LogP contribution is 2.43. The lowest BCUT2D eigenvalue weighted by atomic mass is 10.1. The molecule has 0 fully saturated rings. The Kier molecular flexibility index (Phi) is 2.84. The summed E-state index contributed by atoms with van der Waals surface area (Å²) in [5.41, 5.74) is 3.23. The van der Waals surface area contributed by atoms with E-state index in [1.165, 1.54) is 0 Å². The Bertz CT molecular complexity index is 1250. The number of rotatable bonds is 2. The van der Waals surface area contributed by atoms with Crippen molar-refractivity contribution in [3.05, 3.63) is 60.9 Å². The summed E-state index contributed by atoms with van der Waals surface area (Å²) in [5.74, 6) is -0.0410. The van der Waals surface area contributed by atoms with E-state index in [2.05, 4.69) is 20.2 Å². The van der Waals surface area contributed by atoms with Crippen LogP contribution in [-0.4, -0.2) is 15.1 Å². The van der Waals surface area contributed by atoms with E-state index < -0.39 is 0 Å². The molecule has 0 aliphatic carbocycles. The monoisotopic (exact) mass is 328 g/mol. The van der Waals surface area contributed by atoms with Crippen molar-refractivity contribution in [2.24, 2.45) is 10.2 Å². The second kappa shape index (κ2) is 5.17. The van der Waals surface area contributed by atoms with Crippen molar-refractivity contribution in [2.75, 3.05) is 0 Å². The van der Waals surface area contributed by atoms with Gasteiger partial charge >= 0.3 is 0 Å². The van der Waals surface area contributed by atoms with Crippen molar-refractivity contribution < 1.29 is 9.52 Å². The van der Waals surface area contributed by atoms with Crippen LogP contribution in [0.25, 0.3) is 32.8 Å². The Hall–Kier alpha value is -3.67. The molecule has 0 unspecified atom stereocenters. The van der Waals surface area contributed by atoms with Crippen molar-refractivity contribution in [3.8, 4) is 5.88 Å². The van der Waals surface area contributed by atoms with Crippen molar-refractivity contribution >= 4 is 44.2 Å². The maximum Gasteiger partial charge on any atom is 0.218 e. The summed E-state index contributed by atoms with van der Waals surface area (Å²) in [6.45, 7) is 0. The van der Waals surface area contributed by atoms with Crippen molar-refractivity contribution in [1.82, 2.24) is 9.97 Å².